The molecule has 0 N–H and O–H groups in total. The second-order valence-corrected chi connectivity index (χ2v) is 6.06. The Bertz CT molecular complexity index is 537. The summed E-state index contributed by atoms with van der Waals surface area (Å²) in [6.07, 6.45) is 1.10. The van der Waals surface area contributed by atoms with E-state index in [1.165, 1.54) is 21.6 Å². The second kappa shape index (κ2) is 7.92. The molecule has 20 heavy (non-hydrogen) atoms. The number of halogens is 2. The summed E-state index contributed by atoms with van der Waals surface area (Å²) in [7, 11) is 2.39. The lowest BCUT2D eigenvalue weighted by molar-refractivity contribution is 0.726. The molecule has 0 unspecified atom stereocenters. The fraction of sp³-hybridized carbons (Fsp3) is 0. The van der Waals surface area contributed by atoms with Crippen molar-refractivity contribution in [3.8, 4) is 0 Å². The summed E-state index contributed by atoms with van der Waals surface area (Å²) in [4.78, 5) is 0.928. The van der Waals surface area contributed by atoms with Gasteiger partial charge in [0.2, 0.25) is 0 Å². The molecular weight excluding hydrogens is 294 g/mol. The van der Waals surface area contributed by atoms with Crippen LogP contribution in [0.4, 0.5) is 8.78 Å². The van der Waals surface area contributed by atoms with Crippen LogP contribution in [0.2, 0.25) is 0 Å². The Morgan fingerprint density at radius 1 is 0.650 bits per heavy atom. The Labute approximate surface area is 125 Å². The third-order valence-corrected chi connectivity index (χ3v) is 4.96. The van der Waals surface area contributed by atoms with Crippen LogP contribution in [-0.4, -0.2) is 0 Å². The zero-order valence-electron chi connectivity index (χ0n) is 10.5. The third-order valence-electron chi connectivity index (χ3n) is 2.54. The molecule has 0 bridgehead atoms. The van der Waals surface area contributed by atoms with Crippen molar-refractivity contribution in [1.29, 1.82) is 0 Å². The minimum Gasteiger partial charge on any atom is -0.214 e. The maximum atomic E-state index is 13.0. The van der Waals surface area contributed by atoms with E-state index in [9.17, 15) is 8.78 Å². The van der Waals surface area contributed by atoms with Crippen molar-refractivity contribution < 1.29 is 8.78 Å². The molecule has 0 aromatic heterocycles. The minimum atomic E-state index is 0.464. The normalized spacial score (nSPS) is 12.5. The highest BCUT2D eigenvalue weighted by Gasteiger charge is 2.08. The monoisotopic (exact) mass is 306 g/mol. The van der Waals surface area contributed by atoms with Crippen molar-refractivity contribution in [3.63, 3.8) is 0 Å². The summed E-state index contributed by atoms with van der Waals surface area (Å²) in [6.45, 7) is 0. The fourth-order valence-electron chi connectivity index (χ4n) is 1.55. The molecule has 2 aromatic carbocycles. The predicted molar refractivity (Wildman–Crippen MR) is 86.2 cm³/mol. The summed E-state index contributed by atoms with van der Waals surface area (Å²) in [5, 5.41) is 0. The lowest BCUT2D eigenvalue weighted by atomic mass is 10.2. The molecule has 2 aromatic rings. The average Bonchev–Trinajstić information content (AvgIpc) is 2.53. The average molecular weight is 306 g/mol. The first-order chi connectivity index (χ1) is 9.85. The van der Waals surface area contributed by atoms with Crippen molar-refractivity contribution in [2.45, 2.75) is 0 Å². The Kier molecular flexibility index (Phi) is 5.89. The Morgan fingerprint density at radius 2 is 1.00 bits per heavy atom. The predicted octanol–water partition coefficient (Wildman–Crippen LogP) is 6.30. The first-order valence-electron chi connectivity index (χ1n) is 5.91. The van der Waals surface area contributed by atoms with E-state index in [0.717, 1.165) is 11.1 Å². The second-order valence-electron chi connectivity index (χ2n) is 3.85. The largest absolute Gasteiger partial charge is 0.214 e. The van der Waals surface area contributed by atoms with Crippen LogP contribution < -0.4 is 0 Å². The van der Waals surface area contributed by atoms with Gasteiger partial charge in [0.15, 0.2) is 0 Å². The van der Waals surface area contributed by atoms with Crippen molar-refractivity contribution in [2.24, 2.45) is 0 Å². The van der Waals surface area contributed by atoms with E-state index in [1.54, 1.807) is 0 Å². The molecule has 0 aliphatic heterocycles. The van der Waals surface area contributed by atoms with Crippen molar-refractivity contribution in [3.05, 3.63) is 84.5 Å². The van der Waals surface area contributed by atoms with E-state index in [-0.39, 0.29) is 0 Å². The van der Waals surface area contributed by atoms with E-state index in [2.05, 4.69) is 0 Å². The van der Waals surface area contributed by atoms with Crippen molar-refractivity contribution >= 4 is 31.4 Å². The van der Waals surface area contributed by atoms with Gasteiger partial charge in [-0.25, -0.2) is 8.78 Å². The smallest absolute Gasteiger partial charge is 0.102 e. The number of hydrogen-bond donors (Lipinski definition) is 0. The van der Waals surface area contributed by atoms with Crippen LogP contribution in [0.25, 0.3) is 9.81 Å². The zero-order valence-corrected chi connectivity index (χ0v) is 12.1. The van der Waals surface area contributed by atoms with Gasteiger partial charge in [0.1, 0.15) is 12.7 Å². The maximum Gasteiger partial charge on any atom is 0.102 e. The summed E-state index contributed by atoms with van der Waals surface area (Å²) in [5.41, 5.74) is 1.55. The van der Waals surface area contributed by atoms with Gasteiger partial charge in [0.25, 0.3) is 0 Å². The van der Waals surface area contributed by atoms with Gasteiger partial charge in [-0.3, -0.25) is 0 Å². The maximum absolute atomic E-state index is 13.0. The van der Waals surface area contributed by atoms with Crippen LogP contribution >= 0.6 is 21.6 Å². The van der Waals surface area contributed by atoms with Crippen LogP contribution in [0.15, 0.2) is 73.3 Å². The molecule has 0 spiro atoms. The van der Waals surface area contributed by atoms with Crippen molar-refractivity contribution in [2.75, 3.05) is 0 Å². The van der Waals surface area contributed by atoms with Gasteiger partial charge in [0.05, 0.1) is 9.81 Å². The van der Waals surface area contributed by atoms with E-state index >= 15 is 0 Å². The molecule has 0 saturated heterocycles. The Morgan fingerprint density at radius 3 is 1.30 bits per heavy atom. The summed E-state index contributed by atoms with van der Waals surface area (Å²) in [6, 6.07) is 18.4. The minimum absolute atomic E-state index is 0.464. The quantitative estimate of drug-likeness (QED) is 0.594. The Balaban J connectivity index is 2.07. The highest BCUT2D eigenvalue weighted by molar-refractivity contribution is 8.83. The lowest BCUT2D eigenvalue weighted by Crippen LogP contribution is -1.79. The Hall–Kier alpha value is -1.52. The molecule has 102 valence electrons. The first kappa shape index (κ1) is 14.9. The molecule has 0 radical (unpaired) electrons. The molecule has 0 amide bonds. The van der Waals surface area contributed by atoms with Crippen LogP contribution in [0, 0.1) is 0 Å². The van der Waals surface area contributed by atoms with Gasteiger partial charge < -0.3 is 0 Å². The van der Waals surface area contributed by atoms with Gasteiger partial charge in [-0.15, -0.1) is 0 Å². The fourth-order valence-corrected chi connectivity index (χ4v) is 3.60. The summed E-state index contributed by atoms with van der Waals surface area (Å²) < 4.78 is 26.0. The molecule has 0 heterocycles. The molecule has 0 saturated carbocycles. The number of benzene rings is 2. The summed E-state index contributed by atoms with van der Waals surface area (Å²) in [5.74, 6) is 0. The van der Waals surface area contributed by atoms with Crippen LogP contribution in [0.1, 0.15) is 11.1 Å². The standard InChI is InChI=1S/C16H12F2S2/c17-11-15(13-7-3-1-4-8-13)19-20-16(12-18)14-9-5-2-6-10-14/h1-12H. The third kappa shape index (κ3) is 3.99. The van der Waals surface area contributed by atoms with Gasteiger partial charge in [-0.1, -0.05) is 60.7 Å². The molecular formula is C16H12F2S2. The highest BCUT2D eigenvalue weighted by Crippen LogP contribution is 2.45. The molecule has 0 aliphatic carbocycles. The van der Waals surface area contributed by atoms with E-state index in [4.69, 9.17) is 0 Å². The van der Waals surface area contributed by atoms with Gasteiger partial charge in [0, 0.05) is 0 Å². The highest BCUT2D eigenvalue weighted by atomic mass is 33.1. The molecule has 0 nitrogen and oxygen atoms in total. The van der Waals surface area contributed by atoms with Crippen LogP contribution in [-0.2, 0) is 0 Å². The van der Waals surface area contributed by atoms with E-state index < -0.39 is 0 Å². The molecule has 0 atom stereocenters. The molecule has 4 heteroatoms. The topological polar surface area (TPSA) is 0 Å². The van der Waals surface area contributed by atoms with Crippen LogP contribution in [0.3, 0.4) is 0 Å². The summed E-state index contributed by atoms with van der Waals surface area (Å²) >= 11 is 0. The molecule has 0 aliphatic rings. The lowest BCUT2D eigenvalue weighted by Gasteiger charge is -2.07. The molecule has 0 fully saturated rings. The number of rotatable bonds is 5. The van der Waals surface area contributed by atoms with E-state index in [1.807, 2.05) is 60.7 Å². The van der Waals surface area contributed by atoms with Crippen molar-refractivity contribution in [1.82, 2.24) is 0 Å². The van der Waals surface area contributed by atoms with E-state index in [0.29, 0.717) is 22.5 Å². The first-order valence-corrected chi connectivity index (χ1v) is 8.06. The zero-order chi connectivity index (χ0) is 14.2. The number of hydrogen-bond acceptors (Lipinski definition) is 2. The van der Waals surface area contributed by atoms with Crippen LogP contribution in [0.5, 0.6) is 0 Å². The van der Waals surface area contributed by atoms with Gasteiger partial charge in [-0.05, 0) is 32.7 Å². The molecule has 2 rings (SSSR count). The van der Waals surface area contributed by atoms with Gasteiger partial charge in [-0.2, -0.15) is 0 Å². The van der Waals surface area contributed by atoms with Gasteiger partial charge >= 0.3 is 0 Å². The SMILES string of the molecule is FC=C(SSC(=CF)c1ccccc1)c1ccccc1.